The maximum Gasteiger partial charge on any atom is 0.254 e. The van der Waals surface area contributed by atoms with E-state index in [0.29, 0.717) is 42.9 Å². The number of nitriles is 1. The van der Waals surface area contributed by atoms with E-state index in [0.717, 1.165) is 54.0 Å². The molecule has 2 N–H and O–H groups in total. The molecule has 2 aliphatic rings. The molecule has 5 rings (SSSR count). The van der Waals surface area contributed by atoms with Crippen LogP contribution in [0.2, 0.25) is 0 Å². The van der Waals surface area contributed by atoms with Gasteiger partial charge in [0.15, 0.2) is 0 Å². The molecule has 2 aliphatic heterocycles. The Kier molecular flexibility index (Phi) is 8.63. The van der Waals surface area contributed by atoms with Gasteiger partial charge in [-0.25, -0.2) is 4.21 Å². The van der Waals surface area contributed by atoms with Crippen LogP contribution in [0, 0.1) is 37.0 Å². The molecule has 42 heavy (non-hydrogen) atoms. The Labute approximate surface area is 250 Å². The molecular weight excluding hydrogens is 542 g/mol. The summed E-state index contributed by atoms with van der Waals surface area (Å²) in [4.78, 5) is 20.7. The number of hydrogen-bond donors (Lipinski definition) is 1. The number of anilines is 2. The van der Waals surface area contributed by atoms with Gasteiger partial charge in [-0.3, -0.25) is 9.93 Å². The molecular formula is C34H41N5O2S. The van der Waals surface area contributed by atoms with Gasteiger partial charge in [0, 0.05) is 44.8 Å². The fourth-order valence-corrected chi connectivity index (χ4v) is 7.38. The Morgan fingerprint density at radius 2 is 1.64 bits per heavy atom. The lowest BCUT2D eigenvalue weighted by atomic mass is 9.80. The summed E-state index contributed by atoms with van der Waals surface area (Å²) in [5.41, 5.74) is 6.84. The predicted molar refractivity (Wildman–Crippen MR) is 173 cm³/mol. The van der Waals surface area contributed by atoms with E-state index in [4.69, 9.17) is 5.14 Å². The first kappa shape index (κ1) is 29.7. The van der Waals surface area contributed by atoms with Gasteiger partial charge in [-0.05, 0) is 91.4 Å². The minimum atomic E-state index is -2.84. The SMILES string of the molecule is C=S(N)(=O)c1ccccc1N1CCN(C(=O)c2cc(C[C@H]3CCN(c4ccccc4C#N)C[C@H]3C)c(C)cc2C)CC1. The van der Waals surface area contributed by atoms with Gasteiger partial charge in [0.2, 0.25) is 0 Å². The van der Waals surface area contributed by atoms with E-state index in [1.54, 1.807) is 6.07 Å². The quantitative estimate of drug-likeness (QED) is 0.421. The predicted octanol–water partition coefficient (Wildman–Crippen LogP) is 4.79. The molecule has 2 fully saturated rings. The normalized spacial score (nSPS) is 20.6. The smallest absolute Gasteiger partial charge is 0.254 e. The van der Waals surface area contributed by atoms with Crippen LogP contribution >= 0.6 is 0 Å². The second kappa shape index (κ2) is 12.2. The summed E-state index contributed by atoms with van der Waals surface area (Å²) < 4.78 is 12.5. The van der Waals surface area contributed by atoms with Gasteiger partial charge < -0.3 is 14.7 Å². The van der Waals surface area contributed by atoms with Crippen molar-refractivity contribution in [2.45, 2.75) is 38.5 Å². The van der Waals surface area contributed by atoms with Crippen LogP contribution in [-0.2, 0) is 16.1 Å². The second-order valence-corrected chi connectivity index (χ2v) is 13.8. The highest BCUT2D eigenvalue weighted by Crippen LogP contribution is 2.33. The molecule has 0 saturated carbocycles. The van der Waals surface area contributed by atoms with Crippen molar-refractivity contribution >= 4 is 32.9 Å². The minimum absolute atomic E-state index is 0.0671. The zero-order chi connectivity index (χ0) is 30.0. The van der Waals surface area contributed by atoms with E-state index in [1.165, 1.54) is 11.1 Å². The molecule has 1 amide bonds. The fourth-order valence-electron chi connectivity index (χ4n) is 6.52. The molecule has 220 valence electrons. The highest BCUT2D eigenvalue weighted by molar-refractivity contribution is 7.98. The van der Waals surface area contributed by atoms with E-state index in [2.05, 4.69) is 47.7 Å². The van der Waals surface area contributed by atoms with E-state index in [-0.39, 0.29) is 5.91 Å². The van der Waals surface area contributed by atoms with E-state index in [9.17, 15) is 14.3 Å². The molecule has 0 radical (unpaired) electrons. The highest BCUT2D eigenvalue weighted by atomic mass is 32.2. The van der Waals surface area contributed by atoms with Crippen molar-refractivity contribution in [2.75, 3.05) is 49.1 Å². The first-order valence-corrected chi connectivity index (χ1v) is 16.5. The lowest BCUT2D eigenvalue weighted by molar-refractivity contribution is 0.0745. The molecule has 3 aromatic carbocycles. The van der Waals surface area contributed by atoms with Gasteiger partial charge >= 0.3 is 0 Å². The number of benzene rings is 3. The van der Waals surface area contributed by atoms with Crippen LogP contribution in [0.5, 0.6) is 0 Å². The fraction of sp³-hybridized carbons (Fsp3) is 0.382. The van der Waals surface area contributed by atoms with Gasteiger partial charge in [-0.15, -0.1) is 0 Å². The standard InChI is InChI=1S/C34H41N5O2S/c1-24-19-25(2)30(34(40)38-17-15-37(16-18-38)32-11-7-8-12-33(32)42(4,36)41)21-29(24)20-27-13-14-39(23-26(27)3)31-10-6-5-9-28(31)22-35/h5-12,19,21,26-27H,4,13-18,20,23H2,1-3H3,(H2,36,41)/t26-,27-,42?/m1/s1. The third-order valence-corrected chi connectivity index (χ3v) is 10.1. The number of carbonyl (C=O) groups excluding carboxylic acids is 1. The Morgan fingerprint density at radius 1 is 0.976 bits per heavy atom. The summed E-state index contributed by atoms with van der Waals surface area (Å²) in [5, 5.41) is 15.4. The van der Waals surface area contributed by atoms with Gasteiger partial charge in [0.25, 0.3) is 5.91 Å². The number of nitrogens with zero attached hydrogens (tertiary/aromatic N) is 4. The number of carbonyl (C=O) groups is 1. The number of aryl methyl sites for hydroxylation is 2. The van der Waals surface area contributed by atoms with Crippen LogP contribution in [0.4, 0.5) is 11.4 Å². The van der Waals surface area contributed by atoms with E-state index >= 15 is 0 Å². The molecule has 1 unspecified atom stereocenters. The number of para-hydroxylation sites is 2. The van der Waals surface area contributed by atoms with Crippen molar-refractivity contribution in [3.8, 4) is 6.07 Å². The number of piperazine rings is 1. The molecule has 2 heterocycles. The zero-order valence-electron chi connectivity index (χ0n) is 24.9. The van der Waals surface area contributed by atoms with Crippen molar-refractivity contribution in [3.05, 3.63) is 88.5 Å². The summed E-state index contributed by atoms with van der Waals surface area (Å²) in [7, 11) is -2.84. The van der Waals surface area contributed by atoms with Crippen LogP contribution in [0.1, 0.15) is 46.0 Å². The van der Waals surface area contributed by atoms with Crippen LogP contribution in [0.25, 0.3) is 0 Å². The maximum atomic E-state index is 13.8. The van der Waals surface area contributed by atoms with Crippen LogP contribution in [0.3, 0.4) is 0 Å². The lowest BCUT2D eigenvalue weighted by Gasteiger charge is -2.39. The first-order chi connectivity index (χ1) is 20.1. The summed E-state index contributed by atoms with van der Waals surface area (Å²) in [5.74, 6) is 4.71. The first-order valence-electron chi connectivity index (χ1n) is 14.7. The molecule has 3 aromatic rings. The lowest BCUT2D eigenvalue weighted by Crippen LogP contribution is -2.49. The highest BCUT2D eigenvalue weighted by Gasteiger charge is 2.29. The van der Waals surface area contributed by atoms with Gasteiger partial charge in [0.05, 0.1) is 31.5 Å². The number of rotatable bonds is 6. The van der Waals surface area contributed by atoms with Crippen LogP contribution in [0.15, 0.2) is 65.6 Å². The van der Waals surface area contributed by atoms with Gasteiger partial charge in [-0.2, -0.15) is 5.26 Å². The third-order valence-electron chi connectivity index (χ3n) is 8.99. The number of hydrogen-bond acceptors (Lipinski definition) is 5. The van der Waals surface area contributed by atoms with Crippen LogP contribution < -0.4 is 14.9 Å². The summed E-state index contributed by atoms with van der Waals surface area (Å²) >= 11 is 0. The molecule has 0 spiro atoms. The van der Waals surface area contributed by atoms with Crippen LogP contribution in [-0.4, -0.2) is 60.2 Å². The Hall–Kier alpha value is -3.80. The zero-order valence-corrected chi connectivity index (χ0v) is 25.7. The van der Waals surface area contributed by atoms with Crippen molar-refractivity contribution in [1.29, 1.82) is 5.26 Å². The molecule has 0 aliphatic carbocycles. The summed E-state index contributed by atoms with van der Waals surface area (Å²) in [6.07, 6.45) is 1.98. The number of amides is 1. The summed E-state index contributed by atoms with van der Waals surface area (Å²) in [6.45, 7) is 10.8. The van der Waals surface area contributed by atoms with E-state index < -0.39 is 9.71 Å². The average molecular weight is 584 g/mol. The average Bonchev–Trinajstić information content (AvgIpc) is 2.98. The molecule has 7 nitrogen and oxygen atoms in total. The Bertz CT molecular complexity index is 1620. The summed E-state index contributed by atoms with van der Waals surface area (Å²) in [6, 6.07) is 21.9. The Morgan fingerprint density at radius 3 is 2.31 bits per heavy atom. The molecule has 3 atom stereocenters. The van der Waals surface area contributed by atoms with Crippen molar-refractivity contribution < 1.29 is 9.00 Å². The molecule has 8 heteroatoms. The number of piperidine rings is 1. The monoisotopic (exact) mass is 583 g/mol. The largest absolute Gasteiger partial charge is 0.370 e. The van der Waals surface area contributed by atoms with Crippen molar-refractivity contribution in [3.63, 3.8) is 0 Å². The molecule has 2 saturated heterocycles. The third kappa shape index (κ3) is 6.18. The van der Waals surface area contributed by atoms with Crippen molar-refractivity contribution in [1.82, 2.24) is 4.90 Å². The van der Waals surface area contributed by atoms with Gasteiger partial charge in [-0.1, -0.05) is 37.3 Å². The molecule has 0 aromatic heterocycles. The topological polar surface area (TPSA) is 93.7 Å². The number of nitrogens with two attached hydrogens (primary N) is 1. The van der Waals surface area contributed by atoms with Crippen molar-refractivity contribution in [2.24, 2.45) is 17.0 Å². The maximum absolute atomic E-state index is 13.8. The molecule has 0 bridgehead atoms. The van der Waals surface area contributed by atoms with E-state index in [1.807, 2.05) is 54.3 Å². The second-order valence-electron chi connectivity index (χ2n) is 11.9. The van der Waals surface area contributed by atoms with Gasteiger partial charge in [0.1, 0.15) is 6.07 Å². The minimum Gasteiger partial charge on any atom is -0.370 e. The Balaban J connectivity index is 1.26.